The molecule has 1 aromatic carbocycles. The van der Waals surface area contributed by atoms with Crippen molar-refractivity contribution in [3.8, 4) is 0 Å². The third-order valence-electron chi connectivity index (χ3n) is 3.85. The van der Waals surface area contributed by atoms with Gasteiger partial charge in [-0.3, -0.25) is 0 Å². The Bertz CT molecular complexity index is 895. The first kappa shape index (κ1) is 19.6. The lowest BCUT2D eigenvalue weighted by molar-refractivity contribution is -0.137. The largest absolute Gasteiger partial charge is 0.417 e. The first-order chi connectivity index (χ1) is 12.7. The Morgan fingerprint density at radius 3 is 2.70 bits per heavy atom. The average Bonchev–Trinajstić information content (AvgIpc) is 2.62. The molecule has 3 rings (SSSR count). The first-order valence-corrected chi connectivity index (χ1v) is 9.18. The van der Waals surface area contributed by atoms with Gasteiger partial charge in [-0.1, -0.05) is 23.4 Å². The van der Waals surface area contributed by atoms with Crippen LogP contribution in [0.15, 0.2) is 17.3 Å². The minimum Gasteiger partial charge on any atom is -0.318 e. The number of benzene rings is 1. The molecule has 1 aromatic heterocycles. The maximum Gasteiger partial charge on any atom is 0.417 e. The Hall–Kier alpha value is -2.14. The summed E-state index contributed by atoms with van der Waals surface area (Å²) in [4.78, 5) is 18.0. The molecule has 2 aromatic rings. The number of amides is 2. The van der Waals surface area contributed by atoms with E-state index in [0.717, 1.165) is 11.8 Å². The fourth-order valence-electron chi connectivity index (χ4n) is 2.50. The van der Waals surface area contributed by atoms with Crippen LogP contribution in [-0.2, 0) is 19.1 Å². The Morgan fingerprint density at radius 2 is 2.04 bits per heavy atom. The van der Waals surface area contributed by atoms with E-state index in [4.69, 9.17) is 11.6 Å². The molecule has 0 saturated carbocycles. The van der Waals surface area contributed by atoms with E-state index in [1.165, 1.54) is 16.7 Å². The van der Waals surface area contributed by atoms with Gasteiger partial charge in [0.15, 0.2) is 0 Å². The number of nitrogens with one attached hydrogen (secondary N) is 1. The number of nitrogens with zero attached hydrogens (tertiary/aromatic N) is 4. The number of aromatic nitrogens is 3. The number of alkyl halides is 3. The summed E-state index contributed by atoms with van der Waals surface area (Å²) < 4.78 is 52.2. The van der Waals surface area contributed by atoms with Crippen LogP contribution in [0.1, 0.15) is 17.0 Å². The van der Waals surface area contributed by atoms with Gasteiger partial charge in [0.2, 0.25) is 5.16 Å². The summed E-state index contributed by atoms with van der Waals surface area (Å²) >= 11 is 6.92. The van der Waals surface area contributed by atoms with Crippen LogP contribution in [0, 0.1) is 5.82 Å². The van der Waals surface area contributed by atoms with Gasteiger partial charge in [-0.2, -0.15) is 13.2 Å². The molecule has 27 heavy (non-hydrogen) atoms. The summed E-state index contributed by atoms with van der Waals surface area (Å²) in [7, 11) is 0. The standard InChI is InChI=1S/C15H12ClF4N5OS/c1-27-13-21-10-2-3-25(6-12(10)23-24-13)14(26)22-11-5-8(16)7(4-9(11)17)15(18,19)20/h4-5H,2-3,6H2,1H3,(H,22,26). The van der Waals surface area contributed by atoms with Crippen molar-refractivity contribution in [2.24, 2.45) is 0 Å². The number of hydrogen-bond acceptors (Lipinski definition) is 5. The number of fused-ring (bicyclic) bond motifs is 1. The van der Waals surface area contributed by atoms with E-state index >= 15 is 0 Å². The summed E-state index contributed by atoms with van der Waals surface area (Å²) in [5.41, 5.74) is -0.509. The second-order valence-electron chi connectivity index (χ2n) is 5.60. The third-order valence-corrected chi connectivity index (χ3v) is 4.70. The fraction of sp³-hybridized carbons (Fsp3) is 0.333. The van der Waals surface area contributed by atoms with E-state index in [-0.39, 0.29) is 12.6 Å². The zero-order valence-corrected chi connectivity index (χ0v) is 15.3. The number of anilines is 1. The molecule has 0 bridgehead atoms. The van der Waals surface area contributed by atoms with Crippen molar-refractivity contribution in [2.45, 2.75) is 24.3 Å². The molecule has 0 saturated heterocycles. The maximum atomic E-state index is 14.0. The summed E-state index contributed by atoms with van der Waals surface area (Å²) in [6, 6.07) is 0.302. The molecule has 2 amide bonds. The molecule has 1 aliphatic rings. The monoisotopic (exact) mass is 421 g/mol. The highest BCUT2D eigenvalue weighted by Gasteiger charge is 2.34. The van der Waals surface area contributed by atoms with Gasteiger partial charge >= 0.3 is 12.2 Å². The minimum atomic E-state index is -4.79. The number of hydrogen-bond donors (Lipinski definition) is 1. The van der Waals surface area contributed by atoms with E-state index in [2.05, 4.69) is 20.5 Å². The third kappa shape index (κ3) is 4.24. The Labute approximate surface area is 160 Å². The van der Waals surface area contributed by atoms with Gasteiger partial charge in [0.05, 0.1) is 28.5 Å². The Morgan fingerprint density at radius 1 is 1.30 bits per heavy atom. The van der Waals surface area contributed by atoms with Gasteiger partial charge in [0.25, 0.3) is 0 Å². The molecule has 6 nitrogen and oxygen atoms in total. The van der Waals surface area contributed by atoms with Crippen molar-refractivity contribution in [3.63, 3.8) is 0 Å². The number of thioether (sulfide) groups is 1. The number of halogens is 5. The lowest BCUT2D eigenvalue weighted by atomic mass is 10.1. The van der Waals surface area contributed by atoms with E-state index in [1.807, 2.05) is 6.26 Å². The van der Waals surface area contributed by atoms with Crippen molar-refractivity contribution in [2.75, 3.05) is 18.1 Å². The number of rotatable bonds is 2. The van der Waals surface area contributed by atoms with Crippen molar-refractivity contribution in [1.29, 1.82) is 0 Å². The van der Waals surface area contributed by atoms with Crippen molar-refractivity contribution in [3.05, 3.63) is 39.9 Å². The molecular weight excluding hydrogens is 410 g/mol. The second kappa shape index (κ2) is 7.47. The van der Waals surface area contributed by atoms with Crippen LogP contribution in [0.5, 0.6) is 0 Å². The first-order valence-electron chi connectivity index (χ1n) is 7.57. The zero-order valence-electron chi connectivity index (χ0n) is 13.8. The van der Waals surface area contributed by atoms with Crippen LogP contribution in [-0.4, -0.2) is 38.9 Å². The summed E-state index contributed by atoms with van der Waals surface area (Å²) in [6.07, 6.45) is -2.55. The molecule has 144 valence electrons. The highest BCUT2D eigenvalue weighted by molar-refractivity contribution is 7.98. The molecule has 0 radical (unpaired) electrons. The highest BCUT2D eigenvalue weighted by Crippen LogP contribution is 2.37. The highest BCUT2D eigenvalue weighted by atomic mass is 35.5. The van der Waals surface area contributed by atoms with E-state index in [9.17, 15) is 22.4 Å². The Kier molecular flexibility index (Phi) is 5.43. The van der Waals surface area contributed by atoms with Crippen molar-refractivity contribution >= 4 is 35.1 Å². The SMILES string of the molecule is CSc1nnc2c(n1)CCN(C(=O)Nc1cc(Cl)c(C(F)(F)F)cc1F)C2. The molecule has 0 atom stereocenters. The molecule has 1 aliphatic heterocycles. The Balaban J connectivity index is 1.75. The fourth-order valence-corrected chi connectivity index (χ4v) is 3.10. The van der Waals surface area contributed by atoms with Crippen molar-refractivity contribution in [1.82, 2.24) is 20.1 Å². The van der Waals surface area contributed by atoms with Crippen LogP contribution in [0.2, 0.25) is 5.02 Å². The summed E-state index contributed by atoms with van der Waals surface area (Å²) in [5.74, 6) is -1.23. The summed E-state index contributed by atoms with van der Waals surface area (Å²) in [6.45, 7) is 0.396. The number of carbonyl (C=O) groups is 1. The van der Waals surface area contributed by atoms with Crippen LogP contribution >= 0.6 is 23.4 Å². The van der Waals surface area contributed by atoms with E-state index in [0.29, 0.717) is 23.8 Å². The van der Waals surface area contributed by atoms with Gasteiger partial charge < -0.3 is 10.2 Å². The van der Waals surface area contributed by atoms with Crippen LogP contribution in [0.3, 0.4) is 0 Å². The van der Waals surface area contributed by atoms with Gasteiger partial charge in [0, 0.05) is 13.0 Å². The lowest BCUT2D eigenvalue weighted by Crippen LogP contribution is -2.40. The second-order valence-corrected chi connectivity index (χ2v) is 6.78. The molecule has 1 N–H and O–H groups in total. The van der Waals surface area contributed by atoms with Gasteiger partial charge in [-0.25, -0.2) is 14.2 Å². The summed E-state index contributed by atoms with van der Waals surface area (Å²) in [5, 5.41) is 9.99. The predicted octanol–water partition coefficient (Wildman–Crippen LogP) is 4.00. The molecule has 2 heterocycles. The van der Waals surface area contributed by atoms with Crippen LogP contribution in [0.4, 0.5) is 28.0 Å². The predicted molar refractivity (Wildman–Crippen MR) is 91.2 cm³/mol. The zero-order chi connectivity index (χ0) is 19.8. The lowest BCUT2D eigenvalue weighted by Gasteiger charge is -2.27. The number of urea groups is 1. The van der Waals surface area contributed by atoms with Gasteiger partial charge in [0.1, 0.15) is 11.5 Å². The van der Waals surface area contributed by atoms with Gasteiger partial charge in [-0.15, -0.1) is 10.2 Å². The normalized spacial score (nSPS) is 14.1. The molecule has 0 fully saturated rings. The quantitative estimate of drug-likeness (QED) is 0.586. The number of carbonyl (C=O) groups excluding carboxylic acids is 1. The minimum absolute atomic E-state index is 0.103. The topological polar surface area (TPSA) is 71.0 Å². The maximum absolute atomic E-state index is 14.0. The van der Waals surface area contributed by atoms with Crippen LogP contribution in [0.25, 0.3) is 0 Å². The van der Waals surface area contributed by atoms with Crippen LogP contribution < -0.4 is 5.32 Å². The van der Waals surface area contributed by atoms with Crippen molar-refractivity contribution < 1.29 is 22.4 Å². The molecule has 0 unspecified atom stereocenters. The van der Waals surface area contributed by atoms with Gasteiger partial charge in [-0.05, 0) is 18.4 Å². The molecule has 0 spiro atoms. The smallest absolute Gasteiger partial charge is 0.318 e. The molecular formula is C15H12ClF4N5OS. The molecule has 12 heteroatoms. The molecule has 0 aliphatic carbocycles. The average molecular weight is 422 g/mol. The van der Waals surface area contributed by atoms with E-state index < -0.39 is 34.3 Å². The van der Waals surface area contributed by atoms with E-state index in [1.54, 1.807) is 0 Å².